The van der Waals surface area contributed by atoms with E-state index in [4.69, 9.17) is 4.52 Å². The average Bonchev–Trinajstić information content (AvgIpc) is 3.52. The lowest BCUT2D eigenvalue weighted by Crippen LogP contribution is -2.40. The van der Waals surface area contributed by atoms with E-state index in [1.807, 2.05) is 53.0 Å². The van der Waals surface area contributed by atoms with Gasteiger partial charge in [0.05, 0.1) is 11.6 Å². The Morgan fingerprint density at radius 2 is 2.00 bits per heavy atom. The number of carbonyl (C=O) groups is 1. The van der Waals surface area contributed by atoms with Gasteiger partial charge in [-0.25, -0.2) is 0 Å². The highest BCUT2D eigenvalue weighted by Crippen LogP contribution is 2.45. The first-order valence-electron chi connectivity index (χ1n) is 10.9. The lowest BCUT2D eigenvalue weighted by Gasteiger charge is -2.26. The summed E-state index contributed by atoms with van der Waals surface area (Å²) < 4.78 is 7.72. The summed E-state index contributed by atoms with van der Waals surface area (Å²) in [5.74, 6) is 1.61. The van der Waals surface area contributed by atoms with Crippen LogP contribution in [0.2, 0.25) is 0 Å². The van der Waals surface area contributed by atoms with Gasteiger partial charge in [-0.3, -0.25) is 14.4 Å². The molecule has 3 aromatic rings. The molecule has 2 aliphatic heterocycles. The van der Waals surface area contributed by atoms with Crippen LogP contribution in [-0.2, 0) is 18.5 Å². The van der Waals surface area contributed by atoms with Crippen LogP contribution in [0.1, 0.15) is 40.3 Å². The molecule has 0 bridgehead atoms. The molecular formula is C23H28N6O2. The fourth-order valence-electron chi connectivity index (χ4n) is 5.21. The zero-order valence-corrected chi connectivity index (χ0v) is 18.3. The summed E-state index contributed by atoms with van der Waals surface area (Å²) in [6, 6.07) is 9.49. The van der Waals surface area contributed by atoms with Crippen molar-refractivity contribution < 1.29 is 9.32 Å². The van der Waals surface area contributed by atoms with E-state index < -0.39 is 0 Å². The number of fused-ring (bicyclic) bond motifs is 1. The maximum atomic E-state index is 13.1. The van der Waals surface area contributed by atoms with Crippen LogP contribution in [0.5, 0.6) is 0 Å². The predicted octanol–water partition coefficient (Wildman–Crippen LogP) is 2.43. The molecule has 8 nitrogen and oxygen atoms in total. The molecule has 2 atom stereocenters. The van der Waals surface area contributed by atoms with Crippen LogP contribution < -0.4 is 0 Å². The molecule has 2 unspecified atom stereocenters. The number of aromatic nitrogens is 4. The quantitative estimate of drug-likeness (QED) is 0.631. The van der Waals surface area contributed by atoms with Gasteiger partial charge in [0.25, 0.3) is 5.91 Å². The number of amides is 1. The van der Waals surface area contributed by atoms with Gasteiger partial charge in [-0.05, 0) is 32.9 Å². The van der Waals surface area contributed by atoms with E-state index in [1.165, 1.54) is 11.3 Å². The number of hydrogen-bond acceptors (Lipinski definition) is 6. The van der Waals surface area contributed by atoms with Crippen molar-refractivity contribution >= 4 is 5.91 Å². The molecule has 4 heterocycles. The standard InChI is InChI=1S/C23H28N6O2/c1-4-29-16(2)19(10-24-29)11-27-12-20-13-28(21(30)18-8-6-5-7-9-18)15-23(20,14-27)22-25-17(3)26-31-22/h5-10,20H,4,11-15H2,1-3H3. The van der Waals surface area contributed by atoms with E-state index in [0.29, 0.717) is 24.8 Å². The molecule has 8 heteroatoms. The number of likely N-dealkylation sites (tertiary alicyclic amines) is 2. The lowest BCUT2D eigenvalue weighted by atomic mass is 9.81. The Balaban J connectivity index is 1.41. The van der Waals surface area contributed by atoms with E-state index >= 15 is 0 Å². The third-order valence-corrected chi connectivity index (χ3v) is 6.84. The second-order valence-corrected chi connectivity index (χ2v) is 8.79. The maximum absolute atomic E-state index is 13.1. The molecule has 0 saturated carbocycles. The minimum Gasteiger partial charge on any atom is -0.339 e. The van der Waals surface area contributed by atoms with Gasteiger partial charge in [0.2, 0.25) is 5.89 Å². The number of hydrogen-bond donors (Lipinski definition) is 0. The van der Waals surface area contributed by atoms with Crippen LogP contribution in [0.4, 0.5) is 0 Å². The molecule has 1 amide bonds. The summed E-state index contributed by atoms with van der Waals surface area (Å²) in [4.78, 5) is 22.2. The van der Waals surface area contributed by atoms with Crippen LogP contribution in [0.3, 0.4) is 0 Å². The van der Waals surface area contributed by atoms with Gasteiger partial charge in [0.1, 0.15) is 0 Å². The highest BCUT2D eigenvalue weighted by atomic mass is 16.5. The van der Waals surface area contributed by atoms with Crippen molar-refractivity contribution in [1.29, 1.82) is 0 Å². The second-order valence-electron chi connectivity index (χ2n) is 8.79. The number of carbonyl (C=O) groups excluding carboxylic acids is 1. The molecule has 31 heavy (non-hydrogen) atoms. The molecule has 5 rings (SSSR count). The summed E-state index contributed by atoms with van der Waals surface area (Å²) >= 11 is 0. The van der Waals surface area contributed by atoms with Crippen molar-refractivity contribution in [2.45, 2.75) is 39.3 Å². The first kappa shape index (κ1) is 19.9. The Hall–Kier alpha value is -3.00. The van der Waals surface area contributed by atoms with Gasteiger partial charge < -0.3 is 9.42 Å². The fraction of sp³-hybridized carbons (Fsp3) is 0.478. The average molecular weight is 421 g/mol. The van der Waals surface area contributed by atoms with Crippen LogP contribution in [0, 0.1) is 19.8 Å². The molecular weight excluding hydrogens is 392 g/mol. The van der Waals surface area contributed by atoms with Crippen LogP contribution >= 0.6 is 0 Å². The first-order chi connectivity index (χ1) is 15.0. The first-order valence-corrected chi connectivity index (χ1v) is 10.9. The van der Waals surface area contributed by atoms with Gasteiger partial charge in [0.15, 0.2) is 5.82 Å². The van der Waals surface area contributed by atoms with Gasteiger partial charge in [-0.2, -0.15) is 10.1 Å². The molecule has 2 fully saturated rings. The SMILES string of the molecule is CCn1ncc(CN2CC3CN(C(=O)c4ccccc4)CC3(c3nc(C)no3)C2)c1C. The smallest absolute Gasteiger partial charge is 0.253 e. The third-order valence-electron chi connectivity index (χ3n) is 6.84. The Labute approximate surface area is 181 Å². The van der Waals surface area contributed by atoms with Gasteiger partial charge in [-0.1, -0.05) is 23.4 Å². The maximum Gasteiger partial charge on any atom is 0.253 e. The predicted molar refractivity (Wildman–Crippen MR) is 114 cm³/mol. The molecule has 0 aliphatic carbocycles. The van der Waals surface area contributed by atoms with Crippen molar-refractivity contribution in [3.63, 3.8) is 0 Å². The Kier molecular flexibility index (Phi) is 4.89. The molecule has 0 N–H and O–H groups in total. The lowest BCUT2D eigenvalue weighted by molar-refractivity contribution is 0.0766. The van der Waals surface area contributed by atoms with E-state index in [1.54, 1.807) is 0 Å². The molecule has 0 radical (unpaired) electrons. The van der Waals surface area contributed by atoms with Gasteiger partial charge in [-0.15, -0.1) is 0 Å². The third kappa shape index (κ3) is 3.35. The normalized spacial score (nSPS) is 23.5. The summed E-state index contributed by atoms with van der Waals surface area (Å²) in [6.45, 7) is 10.7. The van der Waals surface area contributed by atoms with E-state index in [2.05, 4.69) is 34.0 Å². The van der Waals surface area contributed by atoms with Crippen LogP contribution in [0.15, 0.2) is 41.1 Å². The minimum atomic E-state index is -0.333. The number of benzene rings is 1. The van der Waals surface area contributed by atoms with Crippen molar-refractivity contribution in [1.82, 2.24) is 29.7 Å². The molecule has 1 aromatic carbocycles. The van der Waals surface area contributed by atoms with Gasteiger partial charge >= 0.3 is 0 Å². The highest BCUT2D eigenvalue weighted by molar-refractivity contribution is 5.94. The summed E-state index contributed by atoms with van der Waals surface area (Å²) in [5, 5.41) is 8.55. The second kappa shape index (κ2) is 7.60. The Bertz CT molecular complexity index is 1090. The Morgan fingerprint density at radius 1 is 1.19 bits per heavy atom. The number of aryl methyl sites for hydroxylation is 2. The molecule has 162 valence electrons. The molecule has 2 aliphatic rings. The zero-order valence-electron chi connectivity index (χ0n) is 18.3. The summed E-state index contributed by atoms with van der Waals surface area (Å²) in [6.07, 6.45) is 1.97. The summed E-state index contributed by atoms with van der Waals surface area (Å²) in [5.41, 5.74) is 2.85. The molecule has 2 saturated heterocycles. The van der Waals surface area contributed by atoms with Crippen molar-refractivity contribution in [3.05, 3.63) is 65.1 Å². The van der Waals surface area contributed by atoms with Crippen LogP contribution in [-0.4, -0.2) is 61.8 Å². The minimum absolute atomic E-state index is 0.0669. The zero-order chi connectivity index (χ0) is 21.6. The Morgan fingerprint density at radius 3 is 2.68 bits per heavy atom. The topological polar surface area (TPSA) is 80.3 Å². The van der Waals surface area contributed by atoms with E-state index in [0.717, 1.165) is 31.7 Å². The van der Waals surface area contributed by atoms with Crippen molar-refractivity contribution in [3.8, 4) is 0 Å². The van der Waals surface area contributed by atoms with Gasteiger partial charge in [0, 0.05) is 62.0 Å². The van der Waals surface area contributed by atoms with Crippen LogP contribution in [0.25, 0.3) is 0 Å². The van der Waals surface area contributed by atoms with E-state index in [9.17, 15) is 4.79 Å². The summed E-state index contributed by atoms with van der Waals surface area (Å²) in [7, 11) is 0. The van der Waals surface area contributed by atoms with E-state index in [-0.39, 0.29) is 17.2 Å². The monoisotopic (exact) mass is 420 g/mol. The molecule has 2 aromatic heterocycles. The van der Waals surface area contributed by atoms with Crippen molar-refractivity contribution in [2.75, 3.05) is 26.2 Å². The molecule has 0 spiro atoms. The fourth-order valence-corrected chi connectivity index (χ4v) is 5.21. The number of rotatable bonds is 5. The number of nitrogens with zero attached hydrogens (tertiary/aromatic N) is 6. The highest BCUT2D eigenvalue weighted by Gasteiger charge is 2.57. The van der Waals surface area contributed by atoms with Crippen molar-refractivity contribution in [2.24, 2.45) is 5.92 Å². The largest absolute Gasteiger partial charge is 0.339 e.